The van der Waals surface area contributed by atoms with Gasteiger partial charge in [0.25, 0.3) is 5.91 Å². The fraction of sp³-hybridized carbons (Fsp3) is 0.643. The van der Waals surface area contributed by atoms with E-state index in [2.05, 4.69) is 5.32 Å². The van der Waals surface area contributed by atoms with Crippen LogP contribution in [0.1, 0.15) is 29.6 Å². The molecule has 2 aliphatic rings. The summed E-state index contributed by atoms with van der Waals surface area (Å²) in [4.78, 5) is 12.0. The Morgan fingerprint density at radius 2 is 2.32 bits per heavy atom. The average molecular weight is 265 g/mol. The van der Waals surface area contributed by atoms with Crippen molar-refractivity contribution in [2.75, 3.05) is 19.8 Å². The molecule has 19 heavy (non-hydrogen) atoms. The second kappa shape index (κ2) is 5.75. The van der Waals surface area contributed by atoms with Gasteiger partial charge < -0.3 is 19.2 Å². The van der Waals surface area contributed by atoms with Gasteiger partial charge in [-0.2, -0.15) is 0 Å². The second-order valence-electron chi connectivity index (χ2n) is 5.27. The number of nitrogens with one attached hydrogen (secondary N) is 1. The molecule has 1 aliphatic carbocycles. The maximum atomic E-state index is 12.0. The molecule has 0 aromatic carbocycles. The largest absolute Gasteiger partial charge is 0.472 e. The van der Waals surface area contributed by atoms with Gasteiger partial charge in [-0.25, -0.2) is 0 Å². The summed E-state index contributed by atoms with van der Waals surface area (Å²) in [5, 5.41) is 2.97. The predicted molar refractivity (Wildman–Crippen MR) is 67.9 cm³/mol. The van der Waals surface area contributed by atoms with Gasteiger partial charge in [-0.3, -0.25) is 4.79 Å². The number of ether oxygens (including phenoxy) is 2. The quantitative estimate of drug-likeness (QED) is 0.878. The standard InChI is InChI=1S/C14H19NO4/c16-14(11-3-5-17-8-11)15-12-9-18-6-4-13(12)19-7-10-1-2-10/h3,5,8,10,12-13H,1-2,4,6-7,9H2,(H,15,16)/t12-,13+/m1/s1. The van der Waals surface area contributed by atoms with Crippen LogP contribution in [0.2, 0.25) is 0 Å². The van der Waals surface area contributed by atoms with Crippen LogP contribution < -0.4 is 5.32 Å². The van der Waals surface area contributed by atoms with E-state index in [1.54, 1.807) is 6.07 Å². The highest BCUT2D eigenvalue weighted by Crippen LogP contribution is 2.30. The number of amides is 1. The lowest BCUT2D eigenvalue weighted by Crippen LogP contribution is -2.50. The van der Waals surface area contributed by atoms with E-state index in [1.807, 2.05) is 0 Å². The normalized spacial score (nSPS) is 27.2. The molecule has 5 heteroatoms. The molecule has 2 atom stereocenters. The Hall–Kier alpha value is -1.33. The number of rotatable bonds is 5. The smallest absolute Gasteiger partial charge is 0.254 e. The minimum atomic E-state index is -0.135. The van der Waals surface area contributed by atoms with Crippen molar-refractivity contribution in [3.8, 4) is 0 Å². The zero-order valence-corrected chi connectivity index (χ0v) is 10.8. The maximum absolute atomic E-state index is 12.0. The summed E-state index contributed by atoms with van der Waals surface area (Å²) in [5.41, 5.74) is 0.534. The van der Waals surface area contributed by atoms with Crippen molar-refractivity contribution in [3.05, 3.63) is 24.2 Å². The molecule has 1 saturated heterocycles. The van der Waals surface area contributed by atoms with E-state index in [-0.39, 0.29) is 18.1 Å². The zero-order chi connectivity index (χ0) is 13.1. The van der Waals surface area contributed by atoms with Gasteiger partial charge in [-0.05, 0) is 31.2 Å². The molecule has 104 valence electrons. The van der Waals surface area contributed by atoms with Crippen molar-refractivity contribution in [3.63, 3.8) is 0 Å². The van der Waals surface area contributed by atoms with E-state index in [1.165, 1.54) is 25.4 Å². The van der Waals surface area contributed by atoms with Gasteiger partial charge in [0, 0.05) is 13.2 Å². The predicted octanol–water partition coefficient (Wildman–Crippen LogP) is 1.59. The number of furan rings is 1. The molecule has 1 saturated carbocycles. The lowest BCUT2D eigenvalue weighted by molar-refractivity contribution is -0.0567. The summed E-state index contributed by atoms with van der Waals surface area (Å²) in [6.07, 6.45) is 6.38. The van der Waals surface area contributed by atoms with E-state index in [4.69, 9.17) is 13.9 Å². The highest BCUT2D eigenvalue weighted by molar-refractivity contribution is 5.94. The summed E-state index contributed by atoms with van der Waals surface area (Å²) in [7, 11) is 0. The van der Waals surface area contributed by atoms with E-state index < -0.39 is 0 Å². The van der Waals surface area contributed by atoms with Crippen LogP contribution in [0, 0.1) is 5.92 Å². The summed E-state index contributed by atoms with van der Waals surface area (Å²) in [6, 6.07) is 1.58. The van der Waals surface area contributed by atoms with Gasteiger partial charge >= 0.3 is 0 Å². The van der Waals surface area contributed by atoms with Crippen molar-refractivity contribution in [1.29, 1.82) is 0 Å². The maximum Gasteiger partial charge on any atom is 0.254 e. The van der Waals surface area contributed by atoms with Crippen LogP contribution in [0.15, 0.2) is 23.0 Å². The molecule has 0 spiro atoms. The van der Waals surface area contributed by atoms with E-state index >= 15 is 0 Å². The first-order valence-corrected chi connectivity index (χ1v) is 6.85. The molecule has 0 bridgehead atoms. The molecule has 2 heterocycles. The number of hydrogen-bond acceptors (Lipinski definition) is 4. The Morgan fingerprint density at radius 3 is 3.05 bits per heavy atom. The highest BCUT2D eigenvalue weighted by Gasteiger charge is 2.30. The van der Waals surface area contributed by atoms with Crippen LogP contribution >= 0.6 is 0 Å². The van der Waals surface area contributed by atoms with Gasteiger partial charge in [0.1, 0.15) is 6.26 Å². The van der Waals surface area contributed by atoms with E-state index in [9.17, 15) is 4.79 Å². The molecule has 1 amide bonds. The van der Waals surface area contributed by atoms with Crippen molar-refractivity contribution in [2.24, 2.45) is 5.92 Å². The van der Waals surface area contributed by atoms with Crippen LogP contribution in [0.5, 0.6) is 0 Å². The SMILES string of the molecule is O=C(N[C@@H]1COCC[C@@H]1OCC1CC1)c1ccoc1. The highest BCUT2D eigenvalue weighted by atomic mass is 16.5. The average Bonchev–Trinajstić information content (AvgIpc) is 3.09. The topological polar surface area (TPSA) is 60.7 Å². The van der Waals surface area contributed by atoms with Gasteiger partial charge in [-0.1, -0.05) is 0 Å². The van der Waals surface area contributed by atoms with Crippen LogP contribution in [-0.4, -0.2) is 37.9 Å². The van der Waals surface area contributed by atoms with Crippen LogP contribution in [0.4, 0.5) is 0 Å². The summed E-state index contributed by atoms with van der Waals surface area (Å²) in [5.74, 6) is 0.595. The van der Waals surface area contributed by atoms with E-state index in [0.29, 0.717) is 18.8 Å². The lowest BCUT2D eigenvalue weighted by Gasteiger charge is -2.32. The van der Waals surface area contributed by atoms with Gasteiger partial charge in [-0.15, -0.1) is 0 Å². The fourth-order valence-corrected chi connectivity index (χ4v) is 2.24. The van der Waals surface area contributed by atoms with Crippen LogP contribution in [-0.2, 0) is 9.47 Å². The minimum absolute atomic E-state index is 0.0604. The van der Waals surface area contributed by atoms with E-state index in [0.717, 1.165) is 18.9 Å². The Bertz CT molecular complexity index is 413. The van der Waals surface area contributed by atoms with Gasteiger partial charge in [0.15, 0.2) is 0 Å². The molecule has 5 nitrogen and oxygen atoms in total. The molecule has 1 N–H and O–H groups in total. The summed E-state index contributed by atoms with van der Waals surface area (Å²) < 4.78 is 16.3. The van der Waals surface area contributed by atoms with Gasteiger partial charge in [0.2, 0.25) is 0 Å². The number of carbonyl (C=O) groups excluding carboxylic acids is 1. The monoisotopic (exact) mass is 265 g/mol. The molecule has 1 aromatic rings. The lowest BCUT2D eigenvalue weighted by atomic mass is 10.1. The fourth-order valence-electron chi connectivity index (χ4n) is 2.24. The van der Waals surface area contributed by atoms with Crippen LogP contribution in [0.25, 0.3) is 0 Å². The van der Waals surface area contributed by atoms with Crippen LogP contribution in [0.3, 0.4) is 0 Å². The molecule has 2 fully saturated rings. The number of carbonyl (C=O) groups is 1. The van der Waals surface area contributed by atoms with Crippen molar-refractivity contribution < 1.29 is 18.7 Å². The first-order chi connectivity index (χ1) is 9.33. The second-order valence-corrected chi connectivity index (χ2v) is 5.27. The molecule has 0 radical (unpaired) electrons. The van der Waals surface area contributed by atoms with Crippen molar-refractivity contribution in [2.45, 2.75) is 31.4 Å². The first-order valence-electron chi connectivity index (χ1n) is 6.85. The third kappa shape index (κ3) is 3.36. The van der Waals surface area contributed by atoms with Gasteiger partial charge in [0.05, 0.1) is 30.6 Å². The Labute approximate surface area is 112 Å². The summed E-state index contributed by atoms with van der Waals surface area (Å²) >= 11 is 0. The molecule has 1 aliphatic heterocycles. The molecular weight excluding hydrogens is 246 g/mol. The Morgan fingerprint density at radius 1 is 1.42 bits per heavy atom. The minimum Gasteiger partial charge on any atom is -0.472 e. The zero-order valence-electron chi connectivity index (χ0n) is 10.8. The summed E-state index contributed by atoms with van der Waals surface area (Å²) in [6.45, 7) is 2.02. The van der Waals surface area contributed by atoms with Crippen molar-refractivity contribution >= 4 is 5.91 Å². The molecule has 1 aromatic heterocycles. The third-order valence-electron chi connectivity index (χ3n) is 3.64. The molecule has 3 rings (SSSR count). The first kappa shape index (κ1) is 12.7. The Balaban J connectivity index is 1.55. The number of hydrogen-bond donors (Lipinski definition) is 1. The van der Waals surface area contributed by atoms with Crippen molar-refractivity contribution in [1.82, 2.24) is 5.32 Å². The Kier molecular flexibility index (Phi) is 3.84. The molecule has 0 unspecified atom stereocenters. The molecular formula is C14H19NO4. The third-order valence-corrected chi connectivity index (χ3v) is 3.64.